The van der Waals surface area contributed by atoms with E-state index >= 15 is 0 Å². The van der Waals surface area contributed by atoms with E-state index in [1.54, 1.807) is 55.6 Å². The van der Waals surface area contributed by atoms with E-state index in [2.05, 4.69) is 10.5 Å². The number of hydrazone groups is 1. The lowest BCUT2D eigenvalue weighted by Crippen LogP contribution is -2.24. The summed E-state index contributed by atoms with van der Waals surface area (Å²) in [5.41, 5.74) is 3.71. The fraction of sp³-hybridized carbons (Fsp3) is 0.118. The van der Waals surface area contributed by atoms with Gasteiger partial charge in [0, 0.05) is 6.07 Å². The topological polar surface area (TPSA) is 83.7 Å². The van der Waals surface area contributed by atoms with Gasteiger partial charge in [-0.25, -0.2) is 5.43 Å². The molecular weight excluding hydrogens is 294 g/mol. The van der Waals surface area contributed by atoms with Crippen LogP contribution in [0.2, 0.25) is 0 Å². The number of rotatable bonds is 6. The molecule has 116 valence electrons. The largest absolute Gasteiger partial charge is 0.497 e. The Hall–Kier alpha value is -3.33. The summed E-state index contributed by atoms with van der Waals surface area (Å²) in [6.45, 7) is -0.155. The molecule has 23 heavy (non-hydrogen) atoms. The molecule has 0 heterocycles. The van der Waals surface area contributed by atoms with Crippen LogP contribution < -0.4 is 14.9 Å². The van der Waals surface area contributed by atoms with Gasteiger partial charge in [0.05, 0.1) is 25.0 Å². The summed E-state index contributed by atoms with van der Waals surface area (Å²) >= 11 is 0. The first kappa shape index (κ1) is 16.0. The zero-order chi connectivity index (χ0) is 16.5. The molecule has 0 saturated heterocycles. The van der Waals surface area contributed by atoms with Crippen molar-refractivity contribution < 1.29 is 14.3 Å². The Bertz CT molecular complexity index is 733. The molecule has 0 bridgehead atoms. The molecule has 1 N–H and O–H groups in total. The molecule has 0 aromatic heterocycles. The number of ether oxygens (including phenoxy) is 2. The summed E-state index contributed by atoms with van der Waals surface area (Å²) in [7, 11) is 1.56. The quantitative estimate of drug-likeness (QED) is 0.654. The molecule has 0 spiro atoms. The van der Waals surface area contributed by atoms with E-state index in [9.17, 15) is 4.79 Å². The summed E-state index contributed by atoms with van der Waals surface area (Å²) in [5, 5.41) is 12.5. The average Bonchev–Trinajstić information content (AvgIpc) is 2.61. The molecule has 6 heteroatoms. The van der Waals surface area contributed by atoms with Gasteiger partial charge in [-0.2, -0.15) is 10.4 Å². The van der Waals surface area contributed by atoms with Crippen molar-refractivity contribution in [3.63, 3.8) is 0 Å². The Morgan fingerprint density at radius 1 is 1.26 bits per heavy atom. The number of nitrogens with zero attached hydrogens (tertiary/aromatic N) is 2. The van der Waals surface area contributed by atoms with Crippen molar-refractivity contribution >= 4 is 12.1 Å². The molecule has 2 aromatic rings. The summed E-state index contributed by atoms with van der Waals surface area (Å²) in [5.74, 6) is 0.815. The molecule has 0 atom stereocenters. The van der Waals surface area contributed by atoms with E-state index in [-0.39, 0.29) is 12.5 Å². The Labute approximate surface area is 134 Å². The lowest BCUT2D eigenvalue weighted by atomic mass is 10.2. The molecule has 2 rings (SSSR count). The third-order valence-corrected chi connectivity index (χ3v) is 2.85. The lowest BCUT2D eigenvalue weighted by molar-refractivity contribution is -0.123. The second kappa shape index (κ2) is 8.20. The fourth-order valence-corrected chi connectivity index (χ4v) is 1.69. The van der Waals surface area contributed by atoms with Crippen LogP contribution in [-0.4, -0.2) is 25.8 Å². The van der Waals surface area contributed by atoms with Crippen LogP contribution in [0.25, 0.3) is 0 Å². The zero-order valence-corrected chi connectivity index (χ0v) is 12.5. The normalized spacial score (nSPS) is 10.1. The molecule has 2 aromatic carbocycles. The minimum atomic E-state index is -0.377. The van der Waals surface area contributed by atoms with Crippen LogP contribution in [0.1, 0.15) is 11.1 Å². The van der Waals surface area contributed by atoms with Gasteiger partial charge in [-0.05, 0) is 29.8 Å². The maximum atomic E-state index is 11.6. The average molecular weight is 309 g/mol. The van der Waals surface area contributed by atoms with Gasteiger partial charge in [0.2, 0.25) is 0 Å². The molecule has 6 nitrogen and oxygen atoms in total. The van der Waals surface area contributed by atoms with Crippen LogP contribution in [0.5, 0.6) is 11.5 Å². The minimum Gasteiger partial charge on any atom is -0.497 e. The highest BCUT2D eigenvalue weighted by Gasteiger charge is 2.02. The summed E-state index contributed by atoms with van der Waals surface area (Å²) < 4.78 is 10.4. The highest BCUT2D eigenvalue weighted by molar-refractivity contribution is 5.83. The fourth-order valence-electron chi connectivity index (χ4n) is 1.69. The van der Waals surface area contributed by atoms with Gasteiger partial charge < -0.3 is 9.47 Å². The van der Waals surface area contributed by atoms with Gasteiger partial charge in [-0.15, -0.1) is 0 Å². The number of methoxy groups -OCH3 is 1. The maximum absolute atomic E-state index is 11.6. The van der Waals surface area contributed by atoms with Crippen LogP contribution >= 0.6 is 0 Å². The van der Waals surface area contributed by atoms with Gasteiger partial charge in [0.1, 0.15) is 11.5 Å². The number of carbonyl (C=O) groups is 1. The van der Waals surface area contributed by atoms with E-state index in [4.69, 9.17) is 14.7 Å². The first-order chi connectivity index (χ1) is 11.2. The van der Waals surface area contributed by atoms with Crippen molar-refractivity contribution in [1.29, 1.82) is 5.26 Å². The second-order valence-electron chi connectivity index (χ2n) is 4.49. The lowest BCUT2D eigenvalue weighted by Gasteiger charge is -2.06. The third kappa shape index (κ3) is 5.17. The van der Waals surface area contributed by atoms with Crippen molar-refractivity contribution in [3.8, 4) is 17.6 Å². The molecule has 0 aliphatic carbocycles. The van der Waals surface area contributed by atoms with Crippen molar-refractivity contribution in [2.45, 2.75) is 0 Å². The van der Waals surface area contributed by atoms with E-state index in [0.717, 1.165) is 5.56 Å². The molecule has 0 aliphatic rings. The van der Waals surface area contributed by atoms with Gasteiger partial charge in [-0.3, -0.25) is 4.79 Å². The van der Waals surface area contributed by atoms with Crippen molar-refractivity contribution in [3.05, 3.63) is 59.7 Å². The number of hydrogen-bond donors (Lipinski definition) is 1. The van der Waals surface area contributed by atoms with Crippen molar-refractivity contribution in [1.82, 2.24) is 5.43 Å². The summed E-state index contributed by atoms with van der Waals surface area (Å²) in [4.78, 5) is 11.6. The van der Waals surface area contributed by atoms with Crippen LogP contribution in [0.15, 0.2) is 53.6 Å². The van der Waals surface area contributed by atoms with E-state index in [0.29, 0.717) is 17.1 Å². The van der Waals surface area contributed by atoms with Gasteiger partial charge in [0.15, 0.2) is 6.61 Å². The predicted octanol–water partition coefficient (Wildman–Crippen LogP) is 2.10. The Kier molecular flexibility index (Phi) is 5.72. The number of benzene rings is 2. The molecule has 0 unspecified atom stereocenters. The molecule has 0 aliphatic heterocycles. The highest BCUT2D eigenvalue weighted by Crippen LogP contribution is 2.18. The van der Waals surface area contributed by atoms with E-state index < -0.39 is 0 Å². The molecule has 0 fully saturated rings. The molecular formula is C17H15N3O3. The third-order valence-electron chi connectivity index (χ3n) is 2.85. The molecule has 1 amide bonds. The highest BCUT2D eigenvalue weighted by atomic mass is 16.5. The first-order valence-electron chi connectivity index (χ1n) is 6.80. The van der Waals surface area contributed by atoms with Gasteiger partial charge in [0.25, 0.3) is 5.91 Å². The minimum absolute atomic E-state index is 0.155. The van der Waals surface area contributed by atoms with Crippen LogP contribution in [0.4, 0.5) is 0 Å². The second-order valence-corrected chi connectivity index (χ2v) is 4.49. The standard InChI is InChI=1S/C17H15N3O3/c1-22-15-3-2-4-16(9-15)23-12-17(21)20-19-11-14-7-5-13(10-18)6-8-14/h2-9,11H,12H2,1H3,(H,20,21)/b19-11-. The Balaban J connectivity index is 1.80. The number of nitriles is 1. The molecule has 0 saturated carbocycles. The smallest absolute Gasteiger partial charge is 0.277 e. The number of nitrogens with one attached hydrogen (secondary N) is 1. The number of hydrogen-bond acceptors (Lipinski definition) is 5. The zero-order valence-electron chi connectivity index (χ0n) is 12.5. The number of amides is 1. The first-order valence-corrected chi connectivity index (χ1v) is 6.80. The Morgan fingerprint density at radius 3 is 2.70 bits per heavy atom. The van der Waals surface area contributed by atoms with Crippen molar-refractivity contribution in [2.75, 3.05) is 13.7 Å². The van der Waals surface area contributed by atoms with E-state index in [1.807, 2.05) is 6.07 Å². The Morgan fingerprint density at radius 2 is 2.00 bits per heavy atom. The maximum Gasteiger partial charge on any atom is 0.277 e. The summed E-state index contributed by atoms with van der Waals surface area (Å²) in [6, 6.07) is 15.8. The van der Waals surface area contributed by atoms with Gasteiger partial charge >= 0.3 is 0 Å². The predicted molar refractivity (Wildman–Crippen MR) is 85.4 cm³/mol. The van der Waals surface area contributed by atoms with Crippen molar-refractivity contribution in [2.24, 2.45) is 5.10 Å². The number of carbonyl (C=O) groups excluding carboxylic acids is 1. The van der Waals surface area contributed by atoms with Crippen LogP contribution in [0.3, 0.4) is 0 Å². The SMILES string of the molecule is COc1cccc(OCC(=O)N/N=C\c2ccc(C#N)cc2)c1. The van der Waals surface area contributed by atoms with Gasteiger partial charge in [-0.1, -0.05) is 18.2 Å². The molecule has 0 radical (unpaired) electrons. The monoisotopic (exact) mass is 309 g/mol. The van der Waals surface area contributed by atoms with Crippen LogP contribution in [0, 0.1) is 11.3 Å². The van der Waals surface area contributed by atoms with E-state index in [1.165, 1.54) is 6.21 Å². The van der Waals surface area contributed by atoms with Crippen LogP contribution in [-0.2, 0) is 4.79 Å². The summed E-state index contributed by atoms with van der Waals surface area (Å²) in [6.07, 6.45) is 1.49.